The quantitative estimate of drug-likeness (QED) is 0.409. The van der Waals surface area contributed by atoms with Gasteiger partial charge in [0, 0.05) is 25.9 Å². The highest BCUT2D eigenvalue weighted by Gasteiger charge is 2.10. The number of aliphatic imine (C=N–C) groups is 1. The molecule has 1 unspecified atom stereocenters. The van der Waals surface area contributed by atoms with Gasteiger partial charge in [-0.1, -0.05) is 12.1 Å². The first kappa shape index (κ1) is 21.1. The van der Waals surface area contributed by atoms with E-state index in [2.05, 4.69) is 20.6 Å². The fourth-order valence-corrected chi connectivity index (χ4v) is 2.22. The van der Waals surface area contributed by atoms with Gasteiger partial charge in [-0.2, -0.15) is 0 Å². The normalized spacial score (nSPS) is 12.1. The van der Waals surface area contributed by atoms with Crippen molar-refractivity contribution in [2.75, 3.05) is 14.2 Å². The van der Waals surface area contributed by atoms with Crippen LogP contribution in [0.25, 0.3) is 0 Å². The summed E-state index contributed by atoms with van der Waals surface area (Å²) in [7, 11) is 3.29. The summed E-state index contributed by atoms with van der Waals surface area (Å²) >= 11 is 0. The van der Waals surface area contributed by atoms with Gasteiger partial charge < -0.3 is 15.4 Å². The number of benzene rings is 1. The molecule has 0 aliphatic carbocycles. The number of hydrogen-bond acceptors (Lipinski definition) is 3. The van der Waals surface area contributed by atoms with Crippen molar-refractivity contribution in [3.05, 3.63) is 59.0 Å². The van der Waals surface area contributed by atoms with Gasteiger partial charge in [0.1, 0.15) is 5.82 Å². The molecule has 136 valence electrons. The lowest BCUT2D eigenvalue weighted by atomic mass is 10.1. The Morgan fingerprint density at radius 2 is 2.08 bits per heavy atom. The minimum atomic E-state index is -0.201. The second kappa shape index (κ2) is 10.2. The van der Waals surface area contributed by atoms with Crippen molar-refractivity contribution in [3.8, 4) is 5.88 Å². The van der Waals surface area contributed by atoms with Crippen LogP contribution in [0, 0.1) is 12.7 Å². The van der Waals surface area contributed by atoms with E-state index in [0.29, 0.717) is 23.9 Å². The predicted molar refractivity (Wildman–Crippen MR) is 109 cm³/mol. The van der Waals surface area contributed by atoms with Crippen LogP contribution in [0.5, 0.6) is 5.88 Å². The molecule has 2 aromatic rings. The summed E-state index contributed by atoms with van der Waals surface area (Å²) < 4.78 is 18.8. The second-order valence-corrected chi connectivity index (χ2v) is 5.51. The molecule has 1 heterocycles. The first-order valence-corrected chi connectivity index (χ1v) is 7.75. The van der Waals surface area contributed by atoms with E-state index in [1.807, 2.05) is 25.1 Å². The zero-order valence-corrected chi connectivity index (χ0v) is 17.2. The van der Waals surface area contributed by atoms with Crippen molar-refractivity contribution in [2.24, 2.45) is 4.99 Å². The molecule has 2 N–H and O–H groups in total. The Hall–Kier alpha value is -1.90. The first-order valence-electron chi connectivity index (χ1n) is 7.75. The van der Waals surface area contributed by atoms with Crippen LogP contribution in [0.1, 0.15) is 29.7 Å². The Morgan fingerprint density at radius 3 is 2.72 bits per heavy atom. The molecule has 2 rings (SSSR count). The topological polar surface area (TPSA) is 58.5 Å². The number of rotatable bonds is 5. The Balaban J connectivity index is 0.00000312. The Morgan fingerprint density at radius 1 is 1.32 bits per heavy atom. The minimum absolute atomic E-state index is 0. The van der Waals surface area contributed by atoms with E-state index < -0.39 is 0 Å². The van der Waals surface area contributed by atoms with Crippen LogP contribution in [-0.2, 0) is 6.54 Å². The minimum Gasteiger partial charge on any atom is -0.481 e. The predicted octanol–water partition coefficient (Wildman–Crippen LogP) is 3.58. The largest absolute Gasteiger partial charge is 0.481 e. The monoisotopic (exact) mass is 458 g/mol. The van der Waals surface area contributed by atoms with Gasteiger partial charge in [0.05, 0.1) is 13.2 Å². The van der Waals surface area contributed by atoms with Crippen molar-refractivity contribution in [2.45, 2.75) is 26.4 Å². The molecular formula is C18H24FIN4O. The zero-order valence-electron chi connectivity index (χ0n) is 14.8. The van der Waals surface area contributed by atoms with E-state index in [-0.39, 0.29) is 35.8 Å². The first-order chi connectivity index (χ1) is 11.5. The SMILES string of the molecule is CN=C(NCc1ccnc(OC)c1)NC(C)c1ccc(C)c(F)c1.I. The van der Waals surface area contributed by atoms with Crippen molar-refractivity contribution in [3.63, 3.8) is 0 Å². The molecule has 0 spiro atoms. The fraction of sp³-hybridized carbons (Fsp3) is 0.333. The third-order valence-electron chi connectivity index (χ3n) is 3.74. The van der Waals surface area contributed by atoms with Crippen LogP contribution >= 0.6 is 24.0 Å². The molecule has 25 heavy (non-hydrogen) atoms. The molecule has 0 saturated carbocycles. The van der Waals surface area contributed by atoms with Gasteiger partial charge in [-0.15, -0.1) is 24.0 Å². The van der Waals surface area contributed by atoms with E-state index in [4.69, 9.17) is 4.74 Å². The van der Waals surface area contributed by atoms with E-state index in [9.17, 15) is 4.39 Å². The molecule has 5 nitrogen and oxygen atoms in total. The van der Waals surface area contributed by atoms with E-state index in [1.165, 1.54) is 0 Å². The number of methoxy groups -OCH3 is 1. The number of nitrogens with zero attached hydrogens (tertiary/aromatic N) is 2. The average molecular weight is 458 g/mol. The number of aryl methyl sites for hydroxylation is 1. The van der Waals surface area contributed by atoms with Gasteiger partial charge in [0.25, 0.3) is 0 Å². The molecule has 0 fully saturated rings. The van der Waals surface area contributed by atoms with Gasteiger partial charge in [0.2, 0.25) is 5.88 Å². The number of hydrogen-bond donors (Lipinski definition) is 2. The molecule has 0 saturated heterocycles. The van der Waals surface area contributed by atoms with Gasteiger partial charge in [-0.25, -0.2) is 9.37 Å². The molecule has 0 aliphatic rings. The number of ether oxygens (including phenoxy) is 1. The molecule has 0 aliphatic heterocycles. The van der Waals surface area contributed by atoms with E-state index in [0.717, 1.165) is 11.1 Å². The molecule has 1 atom stereocenters. The zero-order chi connectivity index (χ0) is 17.5. The summed E-state index contributed by atoms with van der Waals surface area (Å²) in [6, 6.07) is 8.94. The summed E-state index contributed by atoms with van der Waals surface area (Å²) in [6.07, 6.45) is 1.70. The maximum Gasteiger partial charge on any atom is 0.213 e. The van der Waals surface area contributed by atoms with E-state index in [1.54, 1.807) is 39.4 Å². The van der Waals surface area contributed by atoms with Gasteiger partial charge in [-0.3, -0.25) is 4.99 Å². The number of aromatic nitrogens is 1. The highest BCUT2D eigenvalue weighted by Crippen LogP contribution is 2.16. The summed E-state index contributed by atoms with van der Waals surface area (Å²) in [4.78, 5) is 8.28. The van der Waals surface area contributed by atoms with Crippen LogP contribution in [0.4, 0.5) is 4.39 Å². The van der Waals surface area contributed by atoms with Gasteiger partial charge in [-0.05, 0) is 42.7 Å². The number of guanidine groups is 1. The molecule has 1 aromatic heterocycles. The van der Waals surface area contributed by atoms with Crippen molar-refractivity contribution < 1.29 is 9.13 Å². The lowest BCUT2D eigenvalue weighted by molar-refractivity contribution is 0.397. The average Bonchev–Trinajstić information content (AvgIpc) is 2.60. The standard InChI is InChI=1S/C18H23FN4O.HI/c1-12-5-6-15(10-16(12)19)13(2)23-18(20-3)22-11-14-7-8-21-17(9-14)24-4;/h5-10,13H,11H2,1-4H3,(H2,20,22,23);1H. The van der Waals surface area contributed by atoms with Crippen molar-refractivity contribution in [1.82, 2.24) is 15.6 Å². The number of pyridine rings is 1. The lowest BCUT2D eigenvalue weighted by Crippen LogP contribution is -2.38. The Bertz CT molecular complexity index is 724. The highest BCUT2D eigenvalue weighted by atomic mass is 127. The van der Waals surface area contributed by atoms with Crippen LogP contribution in [0.2, 0.25) is 0 Å². The molecule has 1 aromatic carbocycles. The number of nitrogens with one attached hydrogen (secondary N) is 2. The second-order valence-electron chi connectivity index (χ2n) is 5.51. The van der Waals surface area contributed by atoms with Crippen molar-refractivity contribution in [1.29, 1.82) is 0 Å². The summed E-state index contributed by atoms with van der Waals surface area (Å²) in [5.74, 6) is 1.01. The molecule has 0 bridgehead atoms. The summed E-state index contributed by atoms with van der Waals surface area (Å²) in [5, 5.41) is 6.48. The maximum atomic E-state index is 13.7. The number of halogens is 2. The Kier molecular flexibility index (Phi) is 8.60. The summed E-state index contributed by atoms with van der Waals surface area (Å²) in [6.45, 7) is 4.29. The molecule has 7 heteroatoms. The highest BCUT2D eigenvalue weighted by molar-refractivity contribution is 14.0. The fourth-order valence-electron chi connectivity index (χ4n) is 2.22. The molecular weight excluding hydrogens is 434 g/mol. The van der Waals surface area contributed by atoms with Crippen molar-refractivity contribution >= 4 is 29.9 Å². The van der Waals surface area contributed by atoms with Crippen LogP contribution in [0.15, 0.2) is 41.5 Å². The van der Waals surface area contributed by atoms with Crippen LogP contribution in [-0.4, -0.2) is 25.1 Å². The third-order valence-corrected chi connectivity index (χ3v) is 3.74. The lowest BCUT2D eigenvalue weighted by Gasteiger charge is -2.19. The van der Waals surface area contributed by atoms with E-state index >= 15 is 0 Å². The summed E-state index contributed by atoms with van der Waals surface area (Å²) in [5.41, 5.74) is 2.53. The van der Waals surface area contributed by atoms with Gasteiger partial charge >= 0.3 is 0 Å². The molecule has 0 radical (unpaired) electrons. The van der Waals surface area contributed by atoms with Crippen LogP contribution in [0.3, 0.4) is 0 Å². The maximum absolute atomic E-state index is 13.7. The smallest absolute Gasteiger partial charge is 0.213 e. The van der Waals surface area contributed by atoms with Crippen LogP contribution < -0.4 is 15.4 Å². The third kappa shape index (κ3) is 6.15. The van der Waals surface area contributed by atoms with Gasteiger partial charge in [0.15, 0.2) is 5.96 Å². The Labute approximate surface area is 165 Å². The molecule has 0 amide bonds.